The molecule has 4 aromatic rings. The van der Waals surface area contributed by atoms with Gasteiger partial charge < -0.3 is 24.0 Å². The molecule has 1 amide bonds. The van der Waals surface area contributed by atoms with Crippen LogP contribution >= 0.6 is 0 Å². The van der Waals surface area contributed by atoms with Crippen molar-refractivity contribution in [3.63, 3.8) is 0 Å². The van der Waals surface area contributed by atoms with Gasteiger partial charge in [0.2, 0.25) is 0 Å². The fraction of sp³-hybridized carbons (Fsp3) is 0.457. The third kappa shape index (κ3) is 8.64. The third-order valence-corrected chi connectivity index (χ3v) is 9.45. The van der Waals surface area contributed by atoms with Crippen LogP contribution in [0.5, 0.6) is 5.75 Å². The molecule has 1 saturated heterocycles. The molecule has 0 spiro atoms. The summed E-state index contributed by atoms with van der Waals surface area (Å²) in [6, 6.07) is 23.4. The highest BCUT2D eigenvalue weighted by atomic mass is 28.3. The number of carbonyl (C=O) groups excluding carboxylic acids is 1. The van der Waals surface area contributed by atoms with E-state index in [-0.39, 0.29) is 12.2 Å². The standard InChI is InChI=1S/C35H47N5O4Si/c1-26(27-11-9-8-10-12-27)43-29-15-13-28(14-16-29)32-36-30-17-18-31(37-33(30)40(32)25-42-23-24-45(5,6)7)38-19-21-39(22-20-38)34(41)44-35(2,3)4/h8-18,26H,19-25H2,1-7H3. The van der Waals surface area contributed by atoms with Crippen molar-refractivity contribution in [3.8, 4) is 17.1 Å². The van der Waals surface area contributed by atoms with E-state index in [0.29, 0.717) is 39.5 Å². The first-order valence-electron chi connectivity index (χ1n) is 15.9. The first kappa shape index (κ1) is 32.5. The molecule has 1 atom stereocenters. The summed E-state index contributed by atoms with van der Waals surface area (Å²) in [5.74, 6) is 2.47. The lowest BCUT2D eigenvalue weighted by molar-refractivity contribution is 0.0240. The number of hydrogen-bond donors (Lipinski definition) is 0. The maximum atomic E-state index is 12.6. The number of amides is 1. The second-order valence-corrected chi connectivity index (χ2v) is 19.5. The number of nitrogens with zero attached hydrogens (tertiary/aromatic N) is 5. The van der Waals surface area contributed by atoms with E-state index in [9.17, 15) is 4.79 Å². The van der Waals surface area contributed by atoms with Crippen LogP contribution in [0.4, 0.5) is 10.6 Å². The normalized spacial score (nSPS) is 14.9. The van der Waals surface area contributed by atoms with Gasteiger partial charge in [-0.2, -0.15) is 0 Å². The fourth-order valence-corrected chi connectivity index (χ4v) is 5.92. The Morgan fingerprint density at radius 1 is 0.911 bits per heavy atom. The van der Waals surface area contributed by atoms with Crippen LogP contribution in [0.25, 0.3) is 22.6 Å². The van der Waals surface area contributed by atoms with Gasteiger partial charge in [0.1, 0.15) is 41.3 Å². The minimum Gasteiger partial charge on any atom is -0.486 e. The number of ether oxygens (including phenoxy) is 3. The van der Waals surface area contributed by atoms with Crippen molar-refractivity contribution >= 4 is 31.1 Å². The van der Waals surface area contributed by atoms with Crippen LogP contribution in [-0.2, 0) is 16.2 Å². The number of benzene rings is 2. The Labute approximate surface area is 268 Å². The Hall–Kier alpha value is -3.89. The second-order valence-electron chi connectivity index (χ2n) is 13.9. The predicted molar refractivity (Wildman–Crippen MR) is 183 cm³/mol. The van der Waals surface area contributed by atoms with E-state index in [2.05, 4.69) is 48.2 Å². The zero-order valence-electron chi connectivity index (χ0n) is 27.7. The summed E-state index contributed by atoms with van der Waals surface area (Å²) in [6.07, 6.45) is -0.329. The Kier molecular flexibility index (Phi) is 9.84. The van der Waals surface area contributed by atoms with Crippen LogP contribution in [0, 0.1) is 0 Å². The molecule has 9 nitrogen and oxygen atoms in total. The molecule has 45 heavy (non-hydrogen) atoms. The van der Waals surface area contributed by atoms with E-state index in [4.69, 9.17) is 24.2 Å². The van der Waals surface area contributed by atoms with Crippen molar-refractivity contribution in [2.75, 3.05) is 37.7 Å². The van der Waals surface area contributed by atoms with Gasteiger partial charge in [-0.05, 0) is 75.7 Å². The number of hydrogen-bond acceptors (Lipinski definition) is 7. The molecular formula is C35H47N5O4Si. The van der Waals surface area contributed by atoms with Gasteiger partial charge in [0.25, 0.3) is 0 Å². The zero-order valence-corrected chi connectivity index (χ0v) is 28.7. The van der Waals surface area contributed by atoms with Crippen molar-refractivity contribution in [3.05, 3.63) is 72.3 Å². The third-order valence-electron chi connectivity index (χ3n) is 7.74. The molecule has 0 aliphatic carbocycles. The van der Waals surface area contributed by atoms with Gasteiger partial charge in [-0.1, -0.05) is 50.0 Å². The molecule has 0 saturated carbocycles. The quantitative estimate of drug-likeness (QED) is 0.132. The monoisotopic (exact) mass is 629 g/mol. The lowest BCUT2D eigenvalue weighted by Gasteiger charge is -2.36. The van der Waals surface area contributed by atoms with E-state index in [1.165, 1.54) is 0 Å². The van der Waals surface area contributed by atoms with Gasteiger partial charge in [0.15, 0.2) is 5.65 Å². The summed E-state index contributed by atoms with van der Waals surface area (Å²) >= 11 is 0. The van der Waals surface area contributed by atoms with Crippen molar-refractivity contribution < 1.29 is 19.0 Å². The van der Waals surface area contributed by atoms with Gasteiger partial charge in [-0.3, -0.25) is 4.57 Å². The lowest BCUT2D eigenvalue weighted by atomic mass is 10.1. The minimum atomic E-state index is -1.24. The number of rotatable bonds is 10. The topological polar surface area (TPSA) is 82.0 Å². The Morgan fingerprint density at radius 2 is 1.60 bits per heavy atom. The van der Waals surface area contributed by atoms with Gasteiger partial charge in [-0.25, -0.2) is 14.8 Å². The maximum absolute atomic E-state index is 12.6. The molecule has 2 aromatic heterocycles. The molecule has 1 unspecified atom stereocenters. The molecule has 0 radical (unpaired) electrons. The molecule has 10 heteroatoms. The van der Waals surface area contributed by atoms with Crippen molar-refractivity contribution in [2.24, 2.45) is 0 Å². The summed E-state index contributed by atoms with van der Waals surface area (Å²) < 4.78 is 20.1. The smallest absolute Gasteiger partial charge is 0.410 e. The summed E-state index contributed by atoms with van der Waals surface area (Å²) in [5.41, 5.74) is 3.18. The van der Waals surface area contributed by atoms with Crippen LogP contribution in [0.2, 0.25) is 25.7 Å². The van der Waals surface area contributed by atoms with E-state index < -0.39 is 13.7 Å². The fourth-order valence-electron chi connectivity index (χ4n) is 5.17. The average Bonchev–Trinajstić information content (AvgIpc) is 3.36. The summed E-state index contributed by atoms with van der Waals surface area (Å²) in [6.45, 7) is 18.4. The molecule has 3 heterocycles. The van der Waals surface area contributed by atoms with Crippen LogP contribution in [-0.4, -0.2) is 72.0 Å². The minimum absolute atomic E-state index is 0.0602. The number of imidazole rings is 1. The molecule has 0 N–H and O–H groups in total. The molecule has 1 aliphatic heterocycles. The Bertz CT molecular complexity index is 1570. The van der Waals surface area contributed by atoms with Crippen LogP contribution in [0.3, 0.4) is 0 Å². The predicted octanol–water partition coefficient (Wildman–Crippen LogP) is 7.61. The molecule has 240 valence electrons. The van der Waals surface area contributed by atoms with Crippen molar-refractivity contribution in [2.45, 2.75) is 71.8 Å². The maximum Gasteiger partial charge on any atom is 0.410 e. The number of piperazine rings is 1. The Morgan fingerprint density at radius 3 is 2.24 bits per heavy atom. The van der Waals surface area contributed by atoms with Crippen molar-refractivity contribution in [1.82, 2.24) is 19.4 Å². The summed E-state index contributed by atoms with van der Waals surface area (Å²) in [4.78, 5) is 26.6. The second kappa shape index (κ2) is 13.6. The van der Waals surface area contributed by atoms with E-state index >= 15 is 0 Å². The molecule has 5 rings (SSSR count). The largest absolute Gasteiger partial charge is 0.486 e. The molecule has 0 bridgehead atoms. The number of aromatic nitrogens is 3. The van der Waals surface area contributed by atoms with Gasteiger partial charge in [0, 0.05) is 46.4 Å². The highest BCUT2D eigenvalue weighted by molar-refractivity contribution is 6.76. The van der Waals surface area contributed by atoms with Gasteiger partial charge in [-0.15, -0.1) is 0 Å². The summed E-state index contributed by atoms with van der Waals surface area (Å²) in [7, 11) is -1.24. The number of fused-ring (bicyclic) bond motifs is 1. The van der Waals surface area contributed by atoms with Crippen LogP contribution in [0.15, 0.2) is 66.7 Å². The molecule has 2 aromatic carbocycles. The number of pyridine rings is 1. The number of anilines is 1. The lowest BCUT2D eigenvalue weighted by Crippen LogP contribution is -2.50. The Balaban J connectivity index is 1.36. The molecular weight excluding hydrogens is 583 g/mol. The highest BCUT2D eigenvalue weighted by Crippen LogP contribution is 2.29. The first-order valence-corrected chi connectivity index (χ1v) is 19.6. The highest BCUT2D eigenvalue weighted by Gasteiger charge is 2.27. The first-order chi connectivity index (χ1) is 21.4. The van der Waals surface area contributed by atoms with E-state index in [1.54, 1.807) is 4.90 Å². The average molecular weight is 630 g/mol. The van der Waals surface area contributed by atoms with E-state index in [1.807, 2.05) is 75.4 Å². The zero-order chi connectivity index (χ0) is 32.2. The summed E-state index contributed by atoms with van der Waals surface area (Å²) in [5, 5.41) is 0. The van der Waals surface area contributed by atoms with Crippen LogP contribution < -0.4 is 9.64 Å². The molecule has 1 fully saturated rings. The van der Waals surface area contributed by atoms with Gasteiger partial charge in [0.05, 0.1) is 0 Å². The number of carbonyl (C=O) groups is 1. The van der Waals surface area contributed by atoms with E-state index in [0.717, 1.165) is 45.7 Å². The van der Waals surface area contributed by atoms with Gasteiger partial charge >= 0.3 is 6.09 Å². The van der Waals surface area contributed by atoms with Crippen LogP contribution in [0.1, 0.15) is 39.4 Å². The molecule has 1 aliphatic rings. The van der Waals surface area contributed by atoms with Crippen molar-refractivity contribution in [1.29, 1.82) is 0 Å². The SMILES string of the molecule is CC(Oc1ccc(-c2nc3ccc(N4CCN(C(=O)OC(C)(C)C)CC4)nc3n2COCC[Si](C)(C)C)cc1)c1ccccc1.